The van der Waals surface area contributed by atoms with Crippen molar-refractivity contribution in [2.24, 2.45) is 5.10 Å². The molecule has 0 aliphatic heterocycles. The molecule has 0 saturated heterocycles. The van der Waals surface area contributed by atoms with Crippen molar-refractivity contribution in [2.45, 2.75) is 6.54 Å². The van der Waals surface area contributed by atoms with Gasteiger partial charge in [-0.15, -0.1) is 6.42 Å². The van der Waals surface area contributed by atoms with Crippen molar-refractivity contribution in [3.05, 3.63) is 57.5 Å². The zero-order valence-corrected chi connectivity index (χ0v) is 14.7. The molecule has 7 nitrogen and oxygen atoms in total. The third-order valence-electron chi connectivity index (χ3n) is 3.17. The van der Waals surface area contributed by atoms with Crippen molar-refractivity contribution < 1.29 is 14.3 Å². The second-order valence-corrected chi connectivity index (χ2v) is 5.39. The number of rotatable bonds is 7. The van der Waals surface area contributed by atoms with Gasteiger partial charge in [-0.2, -0.15) is 5.10 Å². The summed E-state index contributed by atoms with van der Waals surface area (Å²) in [6.45, 7) is -0.0849. The monoisotopic (exact) mass is 373 g/mol. The van der Waals surface area contributed by atoms with Crippen LogP contribution in [-0.4, -0.2) is 30.4 Å². The normalized spacial score (nSPS) is 10.3. The van der Waals surface area contributed by atoms with Crippen LogP contribution in [0.3, 0.4) is 0 Å². The molecule has 2 rings (SSSR count). The maximum absolute atomic E-state index is 11.8. The molecule has 0 radical (unpaired) electrons. The SMILES string of the molecule is C#CCOc1c(Cl)cc(/C=N\NC(=O)Cn2ccccc2=O)cc1OC. The maximum Gasteiger partial charge on any atom is 0.260 e. The number of nitrogens with one attached hydrogen (secondary N) is 1. The highest BCUT2D eigenvalue weighted by Gasteiger charge is 2.11. The van der Waals surface area contributed by atoms with Crippen LogP contribution in [0.25, 0.3) is 0 Å². The van der Waals surface area contributed by atoms with Crippen LogP contribution in [0, 0.1) is 12.3 Å². The van der Waals surface area contributed by atoms with Gasteiger partial charge in [0.25, 0.3) is 11.5 Å². The van der Waals surface area contributed by atoms with E-state index in [1.165, 1.54) is 30.2 Å². The van der Waals surface area contributed by atoms with Crippen molar-refractivity contribution in [2.75, 3.05) is 13.7 Å². The number of carbonyl (C=O) groups is 1. The lowest BCUT2D eigenvalue weighted by molar-refractivity contribution is -0.121. The zero-order chi connectivity index (χ0) is 18.9. The van der Waals surface area contributed by atoms with Gasteiger partial charge < -0.3 is 14.0 Å². The van der Waals surface area contributed by atoms with E-state index >= 15 is 0 Å². The highest BCUT2D eigenvalue weighted by Crippen LogP contribution is 2.35. The number of benzene rings is 1. The number of hydrogen-bond acceptors (Lipinski definition) is 5. The molecule has 134 valence electrons. The van der Waals surface area contributed by atoms with E-state index in [-0.39, 0.29) is 18.7 Å². The number of ether oxygens (including phenoxy) is 2. The smallest absolute Gasteiger partial charge is 0.260 e. The Balaban J connectivity index is 2.05. The first kappa shape index (κ1) is 19.1. The van der Waals surface area contributed by atoms with Crippen LogP contribution in [0.1, 0.15) is 5.56 Å². The molecule has 2 aromatic rings. The number of terminal acetylenes is 1. The molecule has 1 aromatic heterocycles. The topological polar surface area (TPSA) is 81.9 Å². The summed E-state index contributed by atoms with van der Waals surface area (Å²) in [4.78, 5) is 23.4. The fraction of sp³-hybridized carbons (Fsp3) is 0.167. The molecule has 0 fully saturated rings. The van der Waals surface area contributed by atoms with Crippen molar-refractivity contribution >= 4 is 23.7 Å². The molecule has 1 heterocycles. The second-order valence-electron chi connectivity index (χ2n) is 4.99. The van der Waals surface area contributed by atoms with E-state index in [9.17, 15) is 9.59 Å². The summed E-state index contributed by atoms with van der Waals surface area (Å²) >= 11 is 6.15. The predicted molar refractivity (Wildman–Crippen MR) is 98.8 cm³/mol. The number of hydrazone groups is 1. The molecule has 1 aromatic carbocycles. The van der Waals surface area contributed by atoms with E-state index in [2.05, 4.69) is 16.4 Å². The van der Waals surface area contributed by atoms with Gasteiger partial charge in [0, 0.05) is 12.3 Å². The van der Waals surface area contributed by atoms with Gasteiger partial charge in [0.15, 0.2) is 11.5 Å². The Hall–Kier alpha value is -3.24. The second kappa shape index (κ2) is 9.30. The first-order valence-corrected chi connectivity index (χ1v) is 7.84. The standard InChI is InChI=1S/C18H16ClN3O4/c1-3-8-26-18-14(19)9-13(10-15(18)25-2)11-20-21-16(23)12-22-7-5-4-6-17(22)24/h1,4-7,9-11H,8,12H2,2H3,(H,21,23)/b20-11-. The van der Waals surface area contributed by atoms with Crippen molar-refractivity contribution in [3.8, 4) is 23.8 Å². The van der Waals surface area contributed by atoms with Crippen LogP contribution in [-0.2, 0) is 11.3 Å². The molecule has 8 heteroatoms. The Bertz CT molecular complexity index is 915. The molecule has 0 aliphatic carbocycles. The first-order chi connectivity index (χ1) is 12.5. The molecule has 0 aliphatic rings. The van der Waals surface area contributed by atoms with E-state index < -0.39 is 5.91 Å². The van der Waals surface area contributed by atoms with Crippen molar-refractivity contribution in [1.29, 1.82) is 0 Å². The van der Waals surface area contributed by atoms with Gasteiger partial charge in [0.05, 0.1) is 18.3 Å². The Labute approximate surface area is 155 Å². The lowest BCUT2D eigenvalue weighted by Gasteiger charge is -2.11. The number of hydrogen-bond donors (Lipinski definition) is 1. The van der Waals surface area contributed by atoms with Crippen LogP contribution in [0.4, 0.5) is 0 Å². The van der Waals surface area contributed by atoms with Gasteiger partial charge in [0.2, 0.25) is 0 Å². The Morgan fingerprint density at radius 2 is 2.27 bits per heavy atom. The zero-order valence-electron chi connectivity index (χ0n) is 13.9. The van der Waals surface area contributed by atoms with Crippen LogP contribution in [0.15, 0.2) is 46.4 Å². The third-order valence-corrected chi connectivity index (χ3v) is 3.45. The average Bonchev–Trinajstić information content (AvgIpc) is 2.62. The van der Waals surface area contributed by atoms with E-state index in [1.807, 2.05) is 0 Å². The summed E-state index contributed by atoms with van der Waals surface area (Å²) in [7, 11) is 1.47. The molecule has 0 unspecified atom stereocenters. The minimum absolute atomic E-state index is 0.0540. The van der Waals surface area contributed by atoms with E-state index in [1.54, 1.807) is 24.3 Å². The van der Waals surface area contributed by atoms with Gasteiger partial charge in [-0.05, 0) is 23.8 Å². The molecule has 26 heavy (non-hydrogen) atoms. The highest BCUT2D eigenvalue weighted by molar-refractivity contribution is 6.32. The Kier molecular flexibility index (Phi) is 6.83. The van der Waals surface area contributed by atoms with E-state index in [0.717, 1.165) is 0 Å². The summed E-state index contributed by atoms with van der Waals surface area (Å²) < 4.78 is 11.8. The van der Waals surface area contributed by atoms with Crippen LogP contribution in [0.5, 0.6) is 11.5 Å². The number of nitrogens with zero attached hydrogens (tertiary/aromatic N) is 2. The number of halogens is 1. The van der Waals surface area contributed by atoms with Crippen molar-refractivity contribution in [1.82, 2.24) is 9.99 Å². The lowest BCUT2D eigenvalue weighted by atomic mass is 10.2. The quantitative estimate of drug-likeness (QED) is 0.455. The molecular weight excluding hydrogens is 358 g/mol. The fourth-order valence-electron chi connectivity index (χ4n) is 2.03. The minimum atomic E-state index is -0.443. The van der Waals surface area contributed by atoms with Gasteiger partial charge in [-0.1, -0.05) is 23.6 Å². The summed E-state index contributed by atoms with van der Waals surface area (Å²) in [6.07, 6.45) is 8.08. The number of pyridine rings is 1. The van der Waals surface area contributed by atoms with Gasteiger partial charge in [-0.3, -0.25) is 9.59 Å². The number of carbonyl (C=O) groups excluding carboxylic acids is 1. The lowest BCUT2D eigenvalue weighted by Crippen LogP contribution is -2.28. The third kappa shape index (κ3) is 5.13. The van der Waals surface area contributed by atoms with E-state index in [0.29, 0.717) is 22.1 Å². The average molecular weight is 374 g/mol. The van der Waals surface area contributed by atoms with Gasteiger partial charge in [-0.25, -0.2) is 5.43 Å². The van der Waals surface area contributed by atoms with Crippen LogP contribution in [0.2, 0.25) is 5.02 Å². The summed E-state index contributed by atoms with van der Waals surface area (Å²) in [5.41, 5.74) is 2.65. The molecule has 0 spiro atoms. The highest BCUT2D eigenvalue weighted by atomic mass is 35.5. The molecule has 1 amide bonds. The maximum atomic E-state index is 11.8. The van der Waals surface area contributed by atoms with Crippen LogP contribution >= 0.6 is 11.6 Å². The first-order valence-electron chi connectivity index (χ1n) is 7.46. The number of aromatic nitrogens is 1. The summed E-state index contributed by atoms with van der Waals surface area (Å²) in [5.74, 6) is 2.62. The molecular formula is C18H16ClN3O4. The van der Waals surface area contributed by atoms with E-state index in [4.69, 9.17) is 27.5 Å². The Morgan fingerprint density at radius 3 is 2.96 bits per heavy atom. The molecule has 0 saturated carbocycles. The molecule has 0 bridgehead atoms. The largest absolute Gasteiger partial charge is 0.493 e. The van der Waals surface area contributed by atoms with Crippen LogP contribution < -0.4 is 20.5 Å². The fourth-order valence-corrected chi connectivity index (χ4v) is 2.30. The van der Waals surface area contributed by atoms with Crippen molar-refractivity contribution in [3.63, 3.8) is 0 Å². The minimum Gasteiger partial charge on any atom is -0.493 e. The van der Waals surface area contributed by atoms with Gasteiger partial charge in [0.1, 0.15) is 13.2 Å². The number of methoxy groups -OCH3 is 1. The Morgan fingerprint density at radius 1 is 1.46 bits per heavy atom. The van der Waals surface area contributed by atoms with Gasteiger partial charge >= 0.3 is 0 Å². The number of amides is 1. The summed E-state index contributed by atoms with van der Waals surface area (Å²) in [6, 6.07) is 7.86. The predicted octanol–water partition coefficient (Wildman–Crippen LogP) is 1.67. The summed E-state index contributed by atoms with van der Waals surface area (Å²) in [5, 5.41) is 4.14. The molecule has 0 atom stereocenters. The molecule has 1 N–H and O–H groups in total.